The Morgan fingerprint density at radius 2 is 1.71 bits per heavy atom. The average molecular weight is 424 g/mol. The number of hydrazone groups is 1. The van der Waals surface area contributed by atoms with Crippen LogP contribution >= 0.6 is 23.2 Å². The Balaban J connectivity index is 1.77. The van der Waals surface area contributed by atoms with Gasteiger partial charge in [0, 0.05) is 10.7 Å². The molecule has 0 aromatic heterocycles. The maximum Gasteiger partial charge on any atom is 0.277 e. The number of hydrogen-bond donors (Lipinski definition) is 2. The lowest BCUT2D eigenvalue weighted by Gasteiger charge is -2.08. The molecule has 0 saturated carbocycles. The van der Waals surface area contributed by atoms with Gasteiger partial charge >= 0.3 is 0 Å². The summed E-state index contributed by atoms with van der Waals surface area (Å²) in [6.07, 6.45) is -0.0153. The van der Waals surface area contributed by atoms with Crippen molar-refractivity contribution >= 4 is 46.4 Å². The number of anilines is 1. The van der Waals surface area contributed by atoms with Crippen LogP contribution in [-0.2, 0) is 9.59 Å². The van der Waals surface area contributed by atoms with Crippen LogP contribution in [0.5, 0.6) is 11.5 Å². The third kappa shape index (κ3) is 7.09. The Labute approximate surface area is 172 Å². The number of hydrogen-bond acceptors (Lipinski definition) is 5. The second kappa shape index (κ2) is 10.5. The fourth-order valence-corrected chi connectivity index (χ4v) is 2.52. The Bertz CT molecular complexity index is 870. The van der Waals surface area contributed by atoms with Crippen LogP contribution < -0.4 is 20.2 Å². The third-order valence-electron chi connectivity index (χ3n) is 3.42. The van der Waals surface area contributed by atoms with Gasteiger partial charge in [0.25, 0.3) is 5.91 Å². The second-order valence-electron chi connectivity index (χ2n) is 5.70. The summed E-state index contributed by atoms with van der Waals surface area (Å²) in [6, 6.07) is 11.6. The lowest BCUT2D eigenvalue weighted by molar-refractivity contribution is -0.123. The molecule has 0 heterocycles. The molecule has 28 heavy (non-hydrogen) atoms. The monoisotopic (exact) mass is 423 g/mol. The van der Waals surface area contributed by atoms with Crippen molar-refractivity contribution in [2.75, 3.05) is 19.0 Å². The van der Waals surface area contributed by atoms with Gasteiger partial charge in [0.05, 0.1) is 24.2 Å². The first-order valence-electron chi connectivity index (χ1n) is 8.21. The summed E-state index contributed by atoms with van der Waals surface area (Å²) in [4.78, 5) is 23.8. The molecule has 2 aromatic carbocycles. The topological polar surface area (TPSA) is 89.0 Å². The number of carbonyl (C=O) groups is 2. The lowest BCUT2D eigenvalue weighted by Crippen LogP contribution is -2.26. The molecule has 0 fully saturated rings. The summed E-state index contributed by atoms with van der Waals surface area (Å²) >= 11 is 11.8. The molecule has 0 aliphatic heterocycles. The molecule has 0 aliphatic rings. The molecule has 0 saturated heterocycles. The first-order valence-corrected chi connectivity index (χ1v) is 8.96. The number of amides is 2. The Hall–Kier alpha value is -2.77. The highest BCUT2D eigenvalue weighted by Gasteiger charge is 2.09. The zero-order chi connectivity index (χ0) is 20.5. The van der Waals surface area contributed by atoms with Gasteiger partial charge in [-0.3, -0.25) is 9.59 Å². The normalized spacial score (nSPS) is 10.9. The number of nitrogens with one attached hydrogen (secondary N) is 2. The molecule has 0 spiro atoms. The number of carbonyl (C=O) groups excluding carboxylic acids is 2. The smallest absolute Gasteiger partial charge is 0.277 e. The van der Waals surface area contributed by atoms with Gasteiger partial charge in [-0.25, -0.2) is 5.43 Å². The molecule has 2 N–H and O–H groups in total. The van der Waals surface area contributed by atoms with Crippen molar-refractivity contribution in [2.24, 2.45) is 5.10 Å². The maximum atomic E-state index is 12.0. The van der Waals surface area contributed by atoms with Gasteiger partial charge < -0.3 is 14.8 Å². The van der Waals surface area contributed by atoms with Crippen LogP contribution in [0.1, 0.15) is 13.3 Å². The molecule has 0 atom stereocenters. The minimum atomic E-state index is -0.448. The van der Waals surface area contributed by atoms with E-state index < -0.39 is 5.91 Å². The predicted molar refractivity (Wildman–Crippen MR) is 109 cm³/mol. The summed E-state index contributed by atoms with van der Waals surface area (Å²) in [5.41, 5.74) is 3.20. The molecule has 2 rings (SSSR count). The highest BCUT2D eigenvalue weighted by molar-refractivity contribution is 6.36. The fourth-order valence-electron chi connectivity index (χ4n) is 2.07. The van der Waals surface area contributed by atoms with E-state index in [0.29, 0.717) is 32.9 Å². The average Bonchev–Trinajstić information content (AvgIpc) is 2.67. The molecule has 0 aliphatic carbocycles. The Morgan fingerprint density at radius 3 is 2.36 bits per heavy atom. The van der Waals surface area contributed by atoms with E-state index in [2.05, 4.69) is 15.8 Å². The molecule has 9 heteroatoms. The molecule has 2 amide bonds. The summed E-state index contributed by atoms with van der Waals surface area (Å²) in [5, 5.41) is 7.34. The second-order valence-corrected chi connectivity index (χ2v) is 6.54. The van der Waals surface area contributed by atoms with Crippen LogP contribution in [0.2, 0.25) is 10.0 Å². The minimum absolute atomic E-state index is 0.0153. The van der Waals surface area contributed by atoms with Crippen molar-refractivity contribution in [3.8, 4) is 11.5 Å². The molecule has 0 bridgehead atoms. The summed E-state index contributed by atoms with van der Waals surface area (Å²) in [7, 11) is 1.56. The van der Waals surface area contributed by atoms with E-state index in [-0.39, 0.29) is 18.9 Å². The number of nitrogens with zero attached hydrogens (tertiary/aromatic N) is 1. The van der Waals surface area contributed by atoms with Gasteiger partial charge in [-0.2, -0.15) is 5.10 Å². The molecular weight excluding hydrogens is 405 g/mol. The largest absolute Gasteiger partial charge is 0.497 e. The molecule has 2 aromatic rings. The molecule has 0 unspecified atom stereocenters. The number of rotatable bonds is 8. The van der Waals surface area contributed by atoms with E-state index in [1.54, 1.807) is 50.4 Å². The molecular formula is C19H19Cl2N3O4. The van der Waals surface area contributed by atoms with Crippen molar-refractivity contribution in [1.29, 1.82) is 0 Å². The van der Waals surface area contributed by atoms with Crippen molar-refractivity contribution < 1.29 is 19.1 Å². The van der Waals surface area contributed by atoms with Crippen LogP contribution in [-0.4, -0.2) is 31.2 Å². The molecule has 7 nitrogen and oxygen atoms in total. The van der Waals surface area contributed by atoms with Gasteiger partial charge in [0.2, 0.25) is 5.91 Å². The predicted octanol–water partition coefficient (Wildman–Crippen LogP) is 3.90. The van der Waals surface area contributed by atoms with Crippen LogP contribution in [0.15, 0.2) is 47.6 Å². The summed E-state index contributed by atoms with van der Waals surface area (Å²) in [5.74, 6) is 0.441. The van der Waals surface area contributed by atoms with E-state index in [4.69, 9.17) is 32.7 Å². The van der Waals surface area contributed by atoms with Gasteiger partial charge in [-0.05, 0) is 49.4 Å². The van der Waals surface area contributed by atoms with Crippen molar-refractivity contribution in [2.45, 2.75) is 13.3 Å². The first kappa shape index (κ1) is 21.5. The van der Waals surface area contributed by atoms with E-state index in [1.165, 1.54) is 6.07 Å². The van der Waals surface area contributed by atoms with Crippen molar-refractivity contribution in [1.82, 2.24) is 5.43 Å². The zero-order valence-corrected chi connectivity index (χ0v) is 16.8. The van der Waals surface area contributed by atoms with E-state index in [1.807, 2.05) is 0 Å². The van der Waals surface area contributed by atoms with Crippen LogP contribution in [0, 0.1) is 0 Å². The van der Waals surface area contributed by atoms with Crippen LogP contribution in [0.25, 0.3) is 0 Å². The number of benzene rings is 2. The van der Waals surface area contributed by atoms with Crippen molar-refractivity contribution in [3.05, 3.63) is 52.5 Å². The van der Waals surface area contributed by atoms with Gasteiger partial charge in [0.1, 0.15) is 11.5 Å². The van der Waals surface area contributed by atoms with E-state index in [9.17, 15) is 9.59 Å². The standard InChI is InChI=1S/C19H19Cl2N3O4/c1-12(9-18(25)22-17-8-3-13(20)10-16(17)21)23-24-19(26)11-28-15-6-4-14(27-2)5-7-15/h3-8,10H,9,11H2,1-2H3,(H,22,25)(H,24,26)/b23-12+. The fraction of sp³-hybridized carbons (Fsp3) is 0.211. The van der Waals surface area contributed by atoms with Crippen LogP contribution in [0.4, 0.5) is 5.69 Å². The Morgan fingerprint density at radius 1 is 1.04 bits per heavy atom. The van der Waals surface area contributed by atoms with Crippen LogP contribution in [0.3, 0.4) is 0 Å². The van der Waals surface area contributed by atoms with Gasteiger partial charge in [-0.15, -0.1) is 0 Å². The highest BCUT2D eigenvalue weighted by Crippen LogP contribution is 2.25. The molecule has 148 valence electrons. The first-order chi connectivity index (χ1) is 13.4. The highest BCUT2D eigenvalue weighted by atomic mass is 35.5. The summed E-state index contributed by atoms with van der Waals surface area (Å²) in [6.45, 7) is 1.41. The Kier molecular flexibility index (Phi) is 8.10. The third-order valence-corrected chi connectivity index (χ3v) is 3.97. The van der Waals surface area contributed by atoms with E-state index in [0.717, 1.165) is 0 Å². The SMILES string of the molecule is COc1ccc(OCC(=O)N/N=C(\C)CC(=O)Nc2ccc(Cl)cc2Cl)cc1. The number of methoxy groups -OCH3 is 1. The zero-order valence-electron chi connectivity index (χ0n) is 15.3. The number of halogens is 2. The van der Waals surface area contributed by atoms with Gasteiger partial charge in [-0.1, -0.05) is 23.2 Å². The van der Waals surface area contributed by atoms with E-state index >= 15 is 0 Å². The summed E-state index contributed by atoms with van der Waals surface area (Å²) < 4.78 is 10.4. The maximum absolute atomic E-state index is 12.0. The lowest BCUT2D eigenvalue weighted by atomic mass is 10.2. The molecule has 0 radical (unpaired) electrons. The van der Waals surface area contributed by atoms with Gasteiger partial charge in [0.15, 0.2) is 6.61 Å². The van der Waals surface area contributed by atoms with Crippen molar-refractivity contribution in [3.63, 3.8) is 0 Å². The number of ether oxygens (including phenoxy) is 2. The quantitative estimate of drug-likeness (QED) is 0.497. The minimum Gasteiger partial charge on any atom is -0.497 e.